The van der Waals surface area contributed by atoms with E-state index in [0.29, 0.717) is 23.0 Å². The number of anilines is 3. The molecule has 3 unspecified atom stereocenters. The number of fused-ring (bicyclic) bond motifs is 1. The fourth-order valence-electron chi connectivity index (χ4n) is 4.66. The van der Waals surface area contributed by atoms with E-state index < -0.39 is 11.7 Å². The molecule has 0 radical (unpaired) electrons. The summed E-state index contributed by atoms with van der Waals surface area (Å²) in [5.74, 6) is 0.747. The highest BCUT2D eigenvalue weighted by molar-refractivity contribution is 6.03. The second kappa shape index (κ2) is 10.1. The molecule has 1 aliphatic heterocycles. The number of aromatic nitrogens is 2. The molecule has 3 atom stereocenters. The number of amides is 2. The van der Waals surface area contributed by atoms with E-state index in [9.17, 15) is 9.59 Å². The number of hydrogen-bond acceptors (Lipinski definition) is 7. The normalized spacial score (nSPS) is 21.6. The van der Waals surface area contributed by atoms with Crippen molar-refractivity contribution in [1.82, 2.24) is 20.6 Å². The van der Waals surface area contributed by atoms with Crippen LogP contribution in [0.5, 0.6) is 0 Å². The smallest absolute Gasteiger partial charge is 0.407 e. The van der Waals surface area contributed by atoms with Crippen molar-refractivity contribution in [1.29, 1.82) is 0 Å². The highest BCUT2D eigenvalue weighted by Crippen LogP contribution is 2.33. The molecule has 0 bridgehead atoms. The molecule has 35 heavy (non-hydrogen) atoms. The van der Waals surface area contributed by atoms with Crippen LogP contribution in [0.2, 0.25) is 0 Å². The van der Waals surface area contributed by atoms with Crippen LogP contribution in [0.4, 0.5) is 22.2 Å². The molecule has 1 fully saturated rings. The van der Waals surface area contributed by atoms with Crippen molar-refractivity contribution in [3.8, 4) is 0 Å². The van der Waals surface area contributed by atoms with E-state index in [4.69, 9.17) is 14.7 Å². The molecule has 2 aliphatic rings. The first kappa shape index (κ1) is 24.8. The Labute approximate surface area is 206 Å². The molecule has 1 aromatic carbocycles. The van der Waals surface area contributed by atoms with E-state index in [1.807, 2.05) is 58.9 Å². The van der Waals surface area contributed by atoms with E-state index in [-0.39, 0.29) is 24.0 Å². The minimum atomic E-state index is -0.560. The van der Waals surface area contributed by atoms with E-state index in [1.165, 1.54) is 0 Å². The van der Waals surface area contributed by atoms with Gasteiger partial charge in [-0.15, -0.1) is 0 Å². The molecule has 9 nitrogen and oxygen atoms in total. The zero-order valence-corrected chi connectivity index (χ0v) is 21.2. The number of rotatable bonds is 6. The van der Waals surface area contributed by atoms with Crippen molar-refractivity contribution in [2.45, 2.75) is 90.4 Å². The number of ether oxygens (including phenoxy) is 1. The van der Waals surface area contributed by atoms with E-state index in [2.05, 4.69) is 21.3 Å². The molecular weight excluding hydrogens is 444 g/mol. The van der Waals surface area contributed by atoms with Gasteiger partial charge in [0.15, 0.2) is 0 Å². The average Bonchev–Trinajstić information content (AvgIpc) is 3.09. The Morgan fingerprint density at radius 2 is 1.91 bits per heavy atom. The lowest BCUT2D eigenvalue weighted by Gasteiger charge is -2.33. The number of nitrogens with zero attached hydrogens (tertiary/aromatic N) is 2. The third-order valence-corrected chi connectivity index (χ3v) is 6.27. The molecule has 0 saturated heterocycles. The summed E-state index contributed by atoms with van der Waals surface area (Å²) in [4.78, 5) is 34.7. The topological polar surface area (TPSA) is 117 Å². The standard InChI is InChI=1S/C26H36N6O3/c1-6-17-21-20(23(33)28-17)22(27-16-11-9-10-15(2)14-16)32-24(31-21)29-18-12-7-8-13-19(18)30-25(34)35-26(3,4)5/h9-11,14,17-19H,6-8,12-13H2,1-5H3,(H,28,33)(H,30,34)(H2,27,29,31,32). The molecule has 0 spiro atoms. The monoisotopic (exact) mass is 480 g/mol. The van der Waals surface area contributed by atoms with Crippen molar-refractivity contribution in [3.05, 3.63) is 41.1 Å². The molecule has 188 valence electrons. The number of alkyl carbamates (subject to hydrolysis) is 1. The van der Waals surface area contributed by atoms with Crippen LogP contribution in [-0.2, 0) is 4.74 Å². The molecule has 4 N–H and O–H groups in total. The number of benzene rings is 1. The van der Waals surface area contributed by atoms with Gasteiger partial charge in [-0.05, 0) is 64.7 Å². The van der Waals surface area contributed by atoms with Gasteiger partial charge in [0.1, 0.15) is 17.0 Å². The predicted octanol–water partition coefficient (Wildman–Crippen LogP) is 4.97. The summed E-state index contributed by atoms with van der Waals surface area (Å²) >= 11 is 0. The third-order valence-electron chi connectivity index (χ3n) is 6.27. The van der Waals surface area contributed by atoms with E-state index in [1.54, 1.807) is 0 Å². The van der Waals surface area contributed by atoms with Gasteiger partial charge in [0, 0.05) is 11.7 Å². The summed E-state index contributed by atoms with van der Waals surface area (Å²) in [5.41, 5.74) is 2.57. The molecule has 1 aliphatic carbocycles. The van der Waals surface area contributed by atoms with Gasteiger partial charge >= 0.3 is 6.09 Å². The molecule has 2 heterocycles. The van der Waals surface area contributed by atoms with Gasteiger partial charge < -0.3 is 26.0 Å². The predicted molar refractivity (Wildman–Crippen MR) is 136 cm³/mol. The molecule has 2 aromatic rings. The SMILES string of the molecule is CCC1NC(=O)c2c(Nc3cccc(C)c3)nc(NC3CCCCC3NC(=O)OC(C)(C)C)nc21. The Bertz CT molecular complexity index is 1100. The van der Waals surface area contributed by atoms with Crippen LogP contribution in [0.3, 0.4) is 0 Å². The maximum atomic E-state index is 12.8. The summed E-state index contributed by atoms with van der Waals surface area (Å²) < 4.78 is 5.47. The Kier molecular flexibility index (Phi) is 7.14. The van der Waals surface area contributed by atoms with Gasteiger partial charge in [-0.1, -0.05) is 31.9 Å². The Morgan fingerprint density at radius 3 is 2.60 bits per heavy atom. The molecule has 2 amide bonds. The van der Waals surface area contributed by atoms with Gasteiger partial charge in [-0.2, -0.15) is 4.98 Å². The van der Waals surface area contributed by atoms with Crippen LogP contribution in [0, 0.1) is 6.92 Å². The lowest BCUT2D eigenvalue weighted by atomic mass is 9.90. The fourth-order valence-corrected chi connectivity index (χ4v) is 4.66. The molecule has 9 heteroatoms. The molecule has 4 rings (SSSR count). The van der Waals surface area contributed by atoms with Crippen LogP contribution >= 0.6 is 0 Å². The van der Waals surface area contributed by atoms with Crippen LogP contribution in [0.1, 0.15) is 87.5 Å². The second-order valence-electron chi connectivity index (χ2n) is 10.4. The van der Waals surface area contributed by atoms with Crippen LogP contribution < -0.4 is 21.3 Å². The van der Waals surface area contributed by atoms with Gasteiger partial charge in [0.2, 0.25) is 5.95 Å². The number of hydrogen-bond donors (Lipinski definition) is 4. The third kappa shape index (κ3) is 6.01. The van der Waals surface area contributed by atoms with Crippen molar-refractivity contribution in [2.75, 3.05) is 10.6 Å². The van der Waals surface area contributed by atoms with Crippen LogP contribution in [0.15, 0.2) is 24.3 Å². The lowest BCUT2D eigenvalue weighted by Crippen LogP contribution is -2.50. The average molecular weight is 481 g/mol. The van der Waals surface area contributed by atoms with Crippen molar-refractivity contribution >= 4 is 29.5 Å². The minimum Gasteiger partial charge on any atom is -0.444 e. The van der Waals surface area contributed by atoms with Gasteiger partial charge in [0.05, 0.1) is 17.8 Å². The zero-order valence-electron chi connectivity index (χ0n) is 21.2. The summed E-state index contributed by atoms with van der Waals surface area (Å²) in [5, 5.41) is 12.8. The summed E-state index contributed by atoms with van der Waals surface area (Å²) in [7, 11) is 0. The molecular formula is C26H36N6O3. The fraction of sp³-hybridized carbons (Fsp3) is 0.538. The highest BCUT2D eigenvalue weighted by Gasteiger charge is 2.35. The zero-order chi connectivity index (χ0) is 25.2. The van der Waals surface area contributed by atoms with Crippen molar-refractivity contribution in [3.63, 3.8) is 0 Å². The Morgan fingerprint density at radius 1 is 1.17 bits per heavy atom. The first-order valence-electron chi connectivity index (χ1n) is 12.5. The van der Waals surface area contributed by atoms with E-state index in [0.717, 1.165) is 43.4 Å². The number of carbonyl (C=O) groups excluding carboxylic acids is 2. The summed E-state index contributed by atoms with van der Waals surface area (Å²) in [6.07, 6.45) is 4.09. The van der Waals surface area contributed by atoms with Crippen molar-refractivity contribution < 1.29 is 14.3 Å². The largest absolute Gasteiger partial charge is 0.444 e. The van der Waals surface area contributed by atoms with E-state index >= 15 is 0 Å². The second-order valence-corrected chi connectivity index (χ2v) is 10.4. The van der Waals surface area contributed by atoms with Crippen molar-refractivity contribution in [2.24, 2.45) is 0 Å². The quantitative estimate of drug-likeness (QED) is 0.461. The minimum absolute atomic E-state index is 0.0497. The van der Waals surface area contributed by atoms with Crippen LogP contribution in [-0.4, -0.2) is 39.7 Å². The maximum Gasteiger partial charge on any atom is 0.407 e. The van der Waals surface area contributed by atoms with Gasteiger partial charge in [-0.25, -0.2) is 9.78 Å². The summed E-state index contributed by atoms with van der Waals surface area (Å²) in [6, 6.07) is 7.61. The van der Waals surface area contributed by atoms with Crippen LogP contribution in [0.25, 0.3) is 0 Å². The number of carbonyl (C=O) groups is 2. The molecule has 1 aromatic heterocycles. The maximum absolute atomic E-state index is 12.8. The Hall–Kier alpha value is -3.36. The first-order chi connectivity index (χ1) is 16.6. The Balaban J connectivity index is 1.61. The first-order valence-corrected chi connectivity index (χ1v) is 12.5. The number of aryl methyl sites for hydroxylation is 1. The highest BCUT2D eigenvalue weighted by atomic mass is 16.6. The summed E-state index contributed by atoms with van der Waals surface area (Å²) in [6.45, 7) is 9.59. The van der Waals surface area contributed by atoms with Gasteiger partial charge in [-0.3, -0.25) is 4.79 Å². The lowest BCUT2D eigenvalue weighted by molar-refractivity contribution is 0.0488. The van der Waals surface area contributed by atoms with Gasteiger partial charge in [0.25, 0.3) is 5.91 Å². The molecule has 1 saturated carbocycles. The number of nitrogens with one attached hydrogen (secondary N) is 4.